The molecule has 156 valence electrons. The molecule has 1 aliphatic rings. The second kappa shape index (κ2) is 9.03. The van der Waals surface area contributed by atoms with Crippen molar-refractivity contribution in [1.29, 1.82) is 0 Å². The van der Waals surface area contributed by atoms with Gasteiger partial charge in [0, 0.05) is 19.2 Å². The van der Waals surface area contributed by atoms with Crippen LogP contribution in [0.2, 0.25) is 5.02 Å². The van der Waals surface area contributed by atoms with Crippen LogP contribution in [0, 0.1) is 0 Å². The third-order valence-electron chi connectivity index (χ3n) is 5.47. The Kier molecular flexibility index (Phi) is 6.67. The molecule has 3 rings (SSSR count). The Hall–Kier alpha value is -2.28. The number of esters is 1. The van der Waals surface area contributed by atoms with Crippen LogP contribution in [-0.4, -0.2) is 40.2 Å². The summed E-state index contributed by atoms with van der Waals surface area (Å²) in [6.45, 7) is 0.301. The number of nitrogen functional groups attached to an aromatic ring is 1. The quantitative estimate of drug-likeness (QED) is 0.415. The molecule has 0 aliphatic heterocycles. The molecule has 1 atom stereocenters. The number of halogens is 1. The fourth-order valence-electron chi connectivity index (χ4n) is 4.13. The van der Waals surface area contributed by atoms with Crippen LogP contribution in [0.25, 0.3) is 0 Å². The Balaban J connectivity index is 1.94. The molecule has 0 saturated heterocycles. The lowest BCUT2D eigenvalue weighted by Crippen LogP contribution is -2.49. The van der Waals surface area contributed by atoms with Crippen LogP contribution in [0.4, 0.5) is 5.69 Å². The molecule has 6 nitrogen and oxygen atoms in total. The highest BCUT2D eigenvalue weighted by atomic mass is 35.5. The molecule has 2 aromatic rings. The highest BCUT2D eigenvalue weighted by molar-refractivity contribution is 6.30. The lowest BCUT2D eigenvalue weighted by atomic mass is 9.69. The van der Waals surface area contributed by atoms with Gasteiger partial charge in [-0.25, -0.2) is 4.79 Å². The summed E-state index contributed by atoms with van der Waals surface area (Å²) in [4.78, 5) is 11.7. The number of rotatable bonds is 7. The minimum atomic E-state index is -0.519. The molecule has 0 heterocycles. The predicted octanol–water partition coefficient (Wildman–Crippen LogP) is 3.98. The van der Waals surface area contributed by atoms with Crippen molar-refractivity contribution in [3.63, 3.8) is 0 Å². The molecule has 0 amide bonds. The van der Waals surface area contributed by atoms with Gasteiger partial charge >= 0.3 is 5.97 Å². The van der Waals surface area contributed by atoms with E-state index in [9.17, 15) is 4.79 Å². The molecule has 0 saturated carbocycles. The smallest absolute Gasteiger partial charge is 0.337 e. The van der Waals surface area contributed by atoms with E-state index in [2.05, 4.69) is 0 Å². The van der Waals surface area contributed by atoms with Gasteiger partial charge in [-0.05, 0) is 60.7 Å². The van der Waals surface area contributed by atoms with E-state index in [1.807, 2.05) is 18.2 Å². The maximum atomic E-state index is 11.7. The first-order valence-corrected chi connectivity index (χ1v) is 9.78. The number of aryl methyl sites for hydroxylation is 1. The third-order valence-corrected chi connectivity index (χ3v) is 5.70. The molecular formula is C22H26ClNO5. The average molecular weight is 420 g/mol. The van der Waals surface area contributed by atoms with E-state index in [-0.39, 0.29) is 0 Å². The van der Waals surface area contributed by atoms with Gasteiger partial charge in [0.25, 0.3) is 0 Å². The first-order valence-electron chi connectivity index (χ1n) is 9.40. The summed E-state index contributed by atoms with van der Waals surface area (Å²) < 4.78 is 22.3. The van der Waals surface area contributed by atoms with Gasteiger partial charge in [-0.2, -0.15) is 0 Å². The summed E-state index contributed by atoms with van der Waals surface area (Å²) >= 11 is 6.22. The first-order chi connectivity index (χ1) is 13.9. The molecule has 1 aliphatic carbocycles. The Morgan fingerprint density at radius 2 is 1.93 bits per heavy atom. The van der Waals surface area contributed by atoms with Gasteiger partial charge in [0.05, 0.1) is 23.8 Å². The van der Waals surface area contributed by atoms with E-state index < -0.39 is 17.7 Å². The molecule has 29 heavy (non-hydrogen) atoms. The maximum Gasteiger partial charge on any atom is 0.337 e. The van der Waals surface area contributed by atoms with Crippen LogP contribution in [0.15, 0.2) is 36.4 Å². The van der Waals surface area contributed by atoms with Crippen LogP contribution < -0.4 is 10.5 Å². The van der Waals surface area contributed by atoms with E-state index in [1.54, 1.807) is 32.4 Å². The van der Waals surface area contributed by atoms with Crippen molar-refractivity contribution in [2.75, 3.05) is 33.7 Å². The molecule has 7 heteroatoms. The molecular weight excluding hydrogens is 394 g/mol. The summed E-state index contributed by atoms with van der Waals surface area (Å²) in [6.07, 6.45) is 2.22. The van der Waals surface area contributed by atoms with Gasteiger partial charge in [0.15, 0.2) is 6.29 Å². The number of anilines is 1. The van der Waals surface area contributed by atoms with E-state index in [0.717, 1.165) is 24.8 Å². The zero-order valence-corrected chi connectivity index (χ0v) is 17.6. The molecule has 0 aromatic heterocycles. The Bertz CT molecular complexity index is 884. The highest BCUT2D eigenvalue weighted by Gasteiger charge is 2.45. The topological polar surface area (TPSA) is 80.0 Å². The maximum absolute atomic E-state index is 11.7. The summed E-state index contributed by atoms with van der Waals surface area (Å²) in [5.41, 5.74) is 8.60. The van der Waals surface area contributed by atoms with Crippen molar-refractivity contribution < 1.29 is 23.7 Å². The number of methoxy groups -OCH3 is 3. The Morgan fingerprint density at radius 1 is 1.17 bits per heavy atom. The second-order valence-electron chi connectivity index (χ2n) is 7.15. The fraction of sp³-hybridized carbons (Fsp3) is 0.409. The van der Waals surface area contributed by atoms with Crippen LogP contribution in [0.3, 0.4) is 0 Å². The van der Waals surface area contributed by atoms with Crippen LogP contribution in [0.5, 0.6) is 5.75 Å². The number of fused-ring (bicyclic) bond motifs is 1. The van der Waals surface area contributed by atoms with Crippen molar-refractivity contribution in [3.05, 3.63) is 58.1 Å². The van der Waals surface area contributed by atoms with Crippen LogP contribution in [-0.2, 0) is 26.0 Å². The molecule has 0 fully saturated rings. The van der Waals surface area contributed by atoms with Gasteiger partial charge in [0.2, 0.25) is 0 Å². The minimum Gasteiger partial charge on any atom is -0.490 e. The highest BCUT2D eigenvalue weighted by Crippen LogP contribution is 2.43. The van der Waals surface area contributed by atoms with Crippen molar-refractivity contribution in [2.24, 2.45) is 0 Å². The number of carbonyl (C=O) groups is 1. The van der Waals surface area contributed by atoms with Gasteiger partial charge in [-0.15, -0.1) is 0 Å². The van der Waals surface area contributed by atoms with E-state index in [1.165, 1.54) is 12.7 Å². The van der Waals surface area contributed by atoms with E-state index in [0.29, 0.717) is 28.6 Å². The minimum absolute atomic E-state index is 0.301. The molecule has 2 N–H and O–H groups in total. The number of hydrogen-bond donors (Lipinski definition) is 1. The van der Waals surface area contributed by atoms with Gasteiger partial charge in [0.1, 0.15) is 12.4 Å². The second-order valence-corrected chi connectivity index (χ2v) is 7.58. The average Bonchev–Trinajstić information content (AvgIpc) is 2.73. The standard InChI is InChI=1S/C22H26ClNO5/c1-26-20(25)15-6-9-19(18(24)12-15)29-13-22(21(27-2)28-3)10-4-5-14-11-16(23)7-8-17(14)22/h6-9,11-12,21H,4-5,10,13,24H2,1-3H3/t22-/m0/s1. The normalized spacial score (nSPS) is 18.4. The van der Waals surface area contributed by atoms with Gasteiger partial charge in [-0.1, -0.05) is 17.7 Å². The molecule has 0 bridgehead atoms. The lowest BCUT2D eigenvalue weighted by Gasteiger charge is -2.43. The first kappa shape index (κ1) is 21.4. The molecule has 0 radical (unpaired) electrons. The fourth-order valence-corrected chi connectivity index (χ4v) is 4.32. The van der Waals surface area contributed by atoms with Crippen molar-refractivity contribution >= 4 is 23.3 Å². The SMILES string of the molecule is COC(=O)c1ccc(OC[C@@]2(C(OC)OC)CCCc3cc(Cl)ccc32)c(N)c1. The van der Waals surface area contributed by atoms with E-state index >= 15 is 0 Å². The van der Waals surface area contributed by atoms with Crippen molar-refractivity contribution in [1.82, 2.24) is 0 Å². The summed E-state index contributed by atoms with van der Waals surface area (Å²) in [6, 6.07) is 10.7. The summed E-state index contributed by atoms with van der Waals surface area (Å²) in [5, 5.41) is 0.703. The number of hydrogen-bond acceptors (Lipinski definition) is 6. The summed E-state index contributed by atoms with van der Waals surface area (Å²) in [7, 11) is 4.58. The van der Waals surface area contributed by atoms with Crippen molar-refractivity contribution in [3.8, 4) is 5.75 Å². The van der Waals surface area contributed by atoms with Gasteiger partial charge in [-0.3, -0.25) is 0 Å². The largest absolute Gasteiger partial charge is 0.490 e. The number of benzene rings is 2. The zero-order valence-electron chi connectivity index (χ0n) is 16.9. The molecule has 0 unspecified atom stereocenters. The number of ether oxygens (including phenoxy) is 4. The number of nitrogens with two attached hydrogens (primary N) is 1. The predicted molar refractivity (Wildman–Crippen MR) is 112 cm³/mol. The monoisotopic (exact) mass is 419 g/mol. The third kappa shape index (κ3) is 4.20. The Morgan fingerprint density at radius 3 is 2.59 bits per heavy atom. The lowest BCUT2D eigenvalue weighted by molar-refractivity contribution is -0.162. The molecule has 0 spiro atoms. The zero-order chi connectivity index (χ0) is 21.0. The van der Waals surface area contributed by atoms with Crippen molar-refractivity contribution in [2.45, 2.75) is 31.0 Å². The van der Waals surface area contributed by atoms with Gasteiger partial charge < -0.3 is 24.7 Å². The number of carbonyl (C=O) groups excluding carboxylic acids is 1. The van der Waals surface area contributed by atoms with Crippen LogP contribution >= 0.6 is 11.6 Å². The summed E-state index contributed by atoms with van der Waals surface area (Å²) in [5.74, 6) is 0.0423. The van der Waals surface area contributed by atoms with E-state index in [4.69, 9.17) is 36.3 Å². The Labute approximate surface area is 175 Å². The van der Waals surface area contributed by atoms with Crippen LogP contribution in [0.1, 0.15) is 34.3 Å². The molecule has 2 aromatic carbocycles.